The molecule has 2 saturated carbocycles. The van der Waals surface area contributed by atoms with E-state index in [4.69, 9.17) is 9.84 Å². The van der Waals surface area contributed by atoms with Gasteiger partial charge in [0.2, 0.25) is 0 Å². The topological polar surface area (TPSA) is 30.3 Å². The standard InChI is InChI=1S/C24H30F3N3O/c1-15(2)30-22(14-21(28-30)16-4-6-17(7-5-16)24(25,26)27)23-19-12-18(13-20(19)23)29-8-3-10-31-11-9-29/h4-7,14-15,18-20,23H,3,8-13H2,1-2H3. The van der Waals surface area contributed by atoms with Crippen molar-refractivity contribution in [3.8, 4) is 11.3 Å². The average molecular weight is 434 g/mol. The van der Waals surface area contributed by atoms with Crippen molar-refractivity contribution >= 4 is 0 Å². The van der Waals surface area contributed by atoms with Crippen molar-refractivity contribution in [2.75, 3.05) is 26.3 Å². The van der Waals surface area contributed by atoms with Gasteiger partial charge in [-0.05, 0) is 63.1 Å². The maximum atomic E-state index is 12.9. The molecule has 0 amide bonds. The normalized spacial score (nSPS) is 29.2. The maximum Gasteiger partial charge on any atom is 0.416 e. The number of rotatable bonds is 4. The van der Waals surface area contributed by atoms with Crippen LogP contribution < -0.4 is 0 Å². The summed E-state index contributed by atoms with van der Waals surface area (Å²) in [5.41, 5.74) is 2.13. The molecule has 4 nitrogen and oxygen atoms in total. The quantitative estimate of drug-likeness (QED) is 0.650. The summed E-state index contributed by atoms with van der Waals surface area (Å²) in [5.74, 6) is 1.92. The number of ether oxygens (including phenoxy) is 1. The lowest BCUT2D eigenvalue weighted by molar-refractivity contribution is -0.137. The molecule has 1 aromatic carbocycles. The molecule has 1 aromatic heterocycles. The van der Waals surface area contributed by atoms with E-state index in [0.717, 1.165) is 56.1 Å². The fourth-order valence-electron chi connectivity index (χ4n) is 5.72. The Hall–Kier alpha value is -1.86. The van der Waals surface area contributed by atoms with Crippen molar-refractivity contribution in [2.24, 2.45) is 11.8 Å². The summed E-state index contributed by atoms with van der Waals surface area (Å²) in [5, 5.41) is 4.79. The molecule has 0 bridgehead atoms. The molecule has 31 heavy (non-hydrogen) atoms. The van der Waals surface area contributed by atoms with E-state index in [0.29, 0.717) is 23.8 Å². The van der Waals surface area contributed by atoms with E-state index in [1.807, 2.05) is 0 Å². The van der Waals surface area contributed by atoms with Crippen LogP contribution in [0.25, 0.3) is 11.3 Å². The Balaban J connectivity index is 1.33. The maximum absolute atomic E-state index is 12.9. The SMILES string of the molecule is CC(C)n1nc(-c2ccc(C(F)(F)F)cc2)cc1C1C2CC(N3CCCOCC3)CC21. The molecule has 0 radical (unpaired) electrons. The first-order valence-electron chi connectivity index (χ1n) is 11.4. The van der Waals surface area contributed by atoms with Gasteiger partial charge in [-0.25, -0.2) is 0 Å². The molecule has 0 N–H and O–H groups in total. The highest BCUT2D eigenvalue weighted by molar-refractivity contribution is 5.60. The molecule has 2 aromatic rings. The number of benzene rings is 1. The summed E-state index contributed by atoms with van der Waals surface area (Å²) in [6.07, 6.45) is -0.739. The second-order valence-electron chi connectivity index (χ2n) is 9.55. The lowest BCUT2D eigenvalue weighted by atomic mass is 10.0. The molecular weight excluding hydrogens is 403 g/mol. The van der Waals surface area contributed by atoms with Crippen LogP contribution in [-0.2, 0) is 10.9 Å². The number of alkyl halides is 3. The van der Waals surface area contributed by atoms with E-state index >= 15 is 0 Å². The van der Waals surface area contributed by atoms with E-state index in [1.165, 1.54) is 30.7 Å². The fraction of sp³-hybridized carbons (Fsp3) is 0.625. The van der Waals surface area contributed by atoms with Crippen LogP contribution in [0, 0.1) is 11.8 Å². The predicted octanol–water partition coefficient (Wildman–Crippen LogP) is 5.36. The van der Waals surface area contributed by atoms with Crippen LogP contribution in [0.5, 0.6) is 0 Å². The van der Waals surface area contributed by atoms with Crippen LogP contribution in [0.3, 0.4) is 0 Å². The highest BCUT2D eigenvalue weighted by Gasteiger charge is 2.58. The van der Waals surface area contributed by atoms with Crippen LogP contribution in [0.15, 0.2) is 30.3 Å². The first kappa shape index (κ1) is 21.0. The highest BCUT2D eigenvalue weighted by atomic mass is 19.4. The molecule has 168 valence electrons. The molecule has 2 heterocycles. The van der Waals surface area contributed by atoms with Crippen LogP contribution >= 0.6 is 0 Å². The third kappa shape index (κ3) is 4.02. The zero-order chi connectivity index (χ0) is 21.8. The van der Waals surface area contributed by atoms with Crippen molar-refractivity contribution in [3.63, 3.8) is 0 Å². The number of hydrogen-bond donors (Lipinski definition) is 0. The summed E-state index contributed by atoms with van der Waals surface area (Å²) < 4.78 is 46.4. The Morgan fingerprint density at radius 2 is 1.74 bits per heavy atom. The van der Waals surface area contributed by atoms with Gasteiger partial charge in [0, 0.05) is 49.0 Å². The summed E-state index contributed by atoms with van der Waals surface area (Å²) in [6, 6.07) is 8.35. The van der Waals surface area contributed by atoms with Crippen LogP contribution in [0.1, 0.15) is 56.3 Å². The Bertz CT molecular complexity index is 901. The lowest BCUT2D eigenvalue weighted by Gasteiger charge is -2.28. The molecule has 7 heteroatoms. The van der Waals surface area contributed by atoms with Gasteiger partial charge in [-0.1, -0.05) is 12.1 Å². The smallest absolute Gasteiger partial charge is 0.380 e. The monoisotopic (exact) mass is 433 g/mol. The third-order valence-electron chi connectivity index (χ3n) is 7.30. The predicted molar refractivity (Wildman–Crippen MR) is 113 cm³/mol. The molecule has 2 atom stereocenters. The van der Waals surface area contributed by atoms with Crippen molar-refractivity contribution in [2.45, 2.75) is 57.3 Å². The third-order valence-corrected chi connectivity index (χ3v) is 7.30. The second kappa shape index (κ2) is 7.93. The minimum Gasteiger partial charge on any atom is -0.380 e. The summed E-state index contributed by atoms with van der Waals surface area (Å²) in [4.78, 5) is 2.61. The highest BCUT2D eigenvalue weighted by Crippen LogP contribution is 2.64. The van der Waals surface area contributed by atoms with Gasteiger partial charge in [0.05, 0.1) is 17.9 Å². The van der Waals surface area contributed by atoms with E-state index in [1.54, 1.807) is 0 Å². The Kier molecular flexibility index (Phi) is 5.37. The minimum absolute atomic E-state index is 0.220. The van der Waals surface area contributed by atoms with Gasteiger partial charge < -0.3 is 4.74 Å². The number of fused-ring (bicyclic) bond motifs is 1. The molecule has 5 rings (SSSR count). The molecule has 1 aliphatic heterocycles. The van der Waals surface area contributed by atoms with Gasteiger partial charge in [-0.3, -0.25) is 9.58 Å². The molecule has 3 fully saturated rings. The first-order valence-corrected chi connectivity index (χ1v) is 11.4. The van der Waals surface area contributed by atoms with Crippen LogP contribution in [0.2, 0.25) is 0 Å². The van der Waals surface area contributed by atoms with Crippen molar-refractivity contribution in [3.05, 3.63) is 41.6 Å². The summed E-state index contributed by atoms with van der Waals surface area (Å²) >= 11 is 0. The first-order chi connectivity index (χ1) is 14.8. The van der Waals surface area contributed by atoms with Crippen LogP contribution in [-0.4, -0.2) is 47.0 Å². The number of aromatic nitrogens is 2. The van der Waals surface area contributed by atoms with Crippen molar-refractivity contribution in [1.82, 2.24) is 14.7 Å². The van der Waals surface area contributed by atoms with Crippen molar-refractivity contribution < 1.29 is 17.9 Å². The van der Waals surface area contributed by atoms with Gasteiger partial charge in [-0.2, -0.15) is 18.3 Å². The van der Waals surface area contributed by atoms with E-state index in [2.05, 4.69) is 29.5 Å². The van der Waals surface area contributed by atoms with Gasteiger partial charge in [0.15, 0.2) is 0 Å². The van der Waals surface area contributed by atoms with Gasteiger partial charge in [-0.15, -0.1) is 0 Å². The van der Waals surface area contributed by atoms with Gasteiger partial charge >= 0.3 is 6.18 Å². The lowest BCUT2D eigenvalue weighted by Crippen LogP contribution is -2.36. The molecule has 3 aliphatic rings. The van der Waals surface area contributed by atoms with E-state index in [-0.39, 0.29) is 6.04 Å². The summed E-state index contributed by atoms with van der Waals surface area (Å²) in [7, 11) is 0. The molecule has 2 aliphatic carbocycles. The Morgan fingerprint density at radius 3 is 2.39 bits per heavy atom. The molecule has 1 saturated heterocycles. The molecule has 2 unspecified atom stereocenters. The largest absolute Gasteiger partial charge is 0.416 e. The zero-order valence-electron chi connectivity index (χ0n) is 18.1. The zero-order valence-corrected chi connectivity index (χ0v) is 18.1. The van der Waals surface area contributed by atoms with Crippen molar-refractivity contribution in [1.29, 1.82) is 0 Å². The number of hydrogen-bond acceptors (Lipinski definition) is 3. The molecular formula is C24H30F3N3O. The van der Waals surface area contributed by atoms with E-state index in [9.17, 15) is 13.2 Å². The fourth-order valence-corrected chi connectivity index (χ4v) is 5.72. The Morgan fingerprint density at radius 1 is 1.03 bits per heavy atom. The van der Waals surface area contributed by atoms with Gasteiger partial charge in [0.1, 0.15) is 0 Å². The second-order valence-corrected chi connectivity index (χ2v) is 9.55. The van der Waals surface area contributed by atoms with E-state index < -0.39 is 11.7 Å². The number of halogens is 3. The van der Waals surface area contributed by atoms with Gasteiger partial charge in [0.25, 0.3) is 0 Å². The summed E-state index contributed by atoms with van der Waals surface area (Å²) in [6.45, 7) is 8.12. The average Bonchev–Trinajstić information content (AvgIpc) is 3.07. The van der Waals surface area contributed by atoms with Crippen LogP contribution in [0.4, 0.5) is 13.2 Å². The Labute approximate surface area is 181 Å². The minimum atomic E-state index is -4.32. The molecule has 0 spiro atoms. The number of nitrogens with zero attached hydrogens (tertiary/aromatic N) is 3.